The fourth-order valence-corrected chi connectivity index (χ4v) is 32.3. The molecule has 103 heavy (non-hydrogen) atoms. The SMILES string of the molecule is c1ccc(N2c3ccc([Si](c4ccccc4)(c4ccccc4)c4ccccc4)cc3B3c4ccc([Si](c5ccccc5)(c5ccccc5)c5ccccc5)cc4N(c4cccc([Si](c5ccccc5)(c5ccccc5)c5ccccc5)c4)c4cc(-n5c6ccccc6c6ccccc65)cc2c43)cc1. The molecular formula is C96H70BN3Si3. The van der Waals surface area contributed by atoms with Gasteiger partial charge in [0, 0.05) is 44.9 Å². The van der Waals surface area contributed by atoms with Gasteiger partial charge < -0.3 is 14.4 Å². The fraction of sp³-hybridized carbons (Fsp3) is 0. The molecule has 0 unspecified atom stereocenters. The van der Waals surface area contributed by atoms with E-state index in [4.69, 9.17) is 0 Å². The van der Waals surface area contributed by atoms with Crippen LogP contribution in [0.25, 0.3) is 27.5 Å². The third-order valence-corrected chi connectivity index (χ3v) is 36.5. The van der Waals surface area contributed by atoms with Crippen LogP contribution in [0.4, 0.5) is 34.1 Å². The van der Waals surface area contributed by atoms with Crippen LogP contribution in [-0.4, -0.2) is 35.5 Å². The summed E-state index contributed by atoms with van der Waals surface area (Å²) in [6.45, 7) is -0.253. The molecule has 17 aromatic rings. The maximum absolute atomic E-state index is 3.20. The molecule has 1 aromatic heterocycles. The Morgan fingerprint density at radius 2 is 0.485 bits per heavy atom. The predicted molar refractivity (Wildman–Crippen MR) is 446 cm³/mol. The van der Waals surface area contributed by atoms with Gasteiger partial charge in [0.15, 0.2) is 24.2 Å². The first-order chi connectivity index (χ1) is 51.1. The molecule has 3 heterocycles. The Balaban J connectivity index is 0.986. The first kappa shape index (κ1) is 61.7. The lowest BCUT2D eigenvalue weighted by Gasteiger charge is -2.46. The van der Waals surface area contributed by atoms with Gasteiger partial charge in [-0.05, 0) is 139 Å². The highest BCUT2D eigenvalue weighted by molar-refractivity contribution is 7.21. The number of hydrogen-bond acceptors (Lipinski definition) is 2. The lowest BCUT2D eigenvalue weighted by molar-refractivity contribution is 1.16. The molecule has 2 aliphatic heterocycles. The van der Waals surface area contributed by atoms with Crippen LogP contribution in [0.2, 0.25) is 0 Å². The molecule has 0 aliphatic carbocycles. The largest absolute Gasteiger partial charge is 0.311 e. The van der Waals surface area contributed by atoms with E-state index < -0.39 is 24.2 Å². The molecule has 19 rings (SSSR count). The van der Waals surface area contributed by atoms with E-state index in [1.54, 1.807) is 0 Å². The van der Waals surface area contributed by atoms with Crippen molar-refractivity contribution in [1.82, 2.24) is 4.57 Å². The smallest absolute Gasteiger partial charge is 0.252 e. The second-order valence-electron chi connectivity index (χ2n) is 27.3. The average Bonchev–Trinajstić information content (AvgIpc) is 0.988. The topological polar surface area (TPSA) is 11.4 Å². The maximum Gasteiger partial charge on any atom is 0.252 e. The summed E-state index contributed by atoms with van der Waals surface area (Å²) in [6.07, 6.45) is 0. The molecule has 0 fully saturated rings. The Labute approximate surface area is 605 Å². The van der Waals surface area contributed by atoms with Crippen LogP contribution >= 0.6 is 0 Å². The normalized spacial score (nSPS) is 12.6. The first-order valence-electron chi connectivity index (χ1n) is 35.8. The summed E-state index contributed by atoms with van der Waals surface area (Å²) >= 11 is 0. The molecule has 2 aliphatic rings. The molecule has 0 radical (unpaired) electrons. The lowest BCUT2D eigenvalue weighted by atomic mass is 9.33. The van der Waals surface area contributed by atoms with Gasteiger partial charge in [-0.1, -0.05) is 364 Å². The number of rotatable bonds is 15. The van der Waals surface area contributed by atoms with Gasteiger partial charge in [-0.3, -0.25) is 0 Å². The second kappa shape index (κ2) is 25.7. The summed E-state index contributed by atoms with van der Waals surface area (Å²) in [6, 6.07) is 162. The van der Waals surface area contributed by atoms with Gasteiger partial charge in [0.2, 0.25) is 0 Å². The van der Waals surface area contributed by atoms with E-state index in [2.05, 4.69) is 439 Å². The van der Waals surface area contributed by atoms with Crippen molar-refractivity contribution < 1.29 is 0 Å². The summed E-state index contributed by atoms with van der Waals surface area (Å²) in [5.41, 5.74) is 13.9. The van der Waals surface area contributed by atoms with Crippen LogP contribution in [0, 0.1) is 0 Å². The van der Waals surface area contributed by atoms with E-state index in [1.807, 2.05) is 0 Å². The van der Waals surface area contributed by atoms with Gasteiger partial charge in [0.05, 0.1) is 16.7 Å². The minimum atomic E-state index is -3.20. The van der Waals surface area contributed by atoms with Gasteiger partial charge in [-0.15, -0.1) is 0 Å². The lowest BCUT2D eigenvalue weighted by Crippen LogP contribution is -2.75. The minimum Gasteiger partial charge on any atom is -0.311 e. The highest BCUT2D eigenvalue weighted by Gasteiger charge is 2.50. The first-order valence-corrected chi connectivity index (χ1v) is 41.8. The average molecular weight is 1360 g/mol. The van der Waals surface area contributed by atoms with E-state index in [-0.39, 0.29) is 6.71 Å². The van der Waals surface area contributed by atoms with Crippen molar-refractivity contribution in [2.75, 3.05) is 9.80 Å². The van der Waals surface area contributed by atoms with Gasteiger partial charge in [0.25, 0.3) is 6.71 Å². The van der Waals surface area contributed by atoms with Crippen molar-refractivity contribution in [1.29, 1.82) is 0 Å². The number of nitrogens with zero attached hydrogens (tertiary/aromatic N) is 3. The number of fused-ring (bicyclic) bond motifs is 7. The van der Waals surface area contributed by atoms with Crippen molar-refractivity contribution in [2.24, 2.45) is 0 Å². The molecule has 0 atom stereocenters. The van der Waals surface area contributed by atoms with Crippen LogP contribution in [0.1, 0.15) is 0 Å². The summed E-state index contributed by atoms with van der Waals surface area (Å²) < 4.78 is 2.54. The quantitative estimate of drug-likeness (QED) is 0.0749. The summed E-state index contributed by atoms with van der Waals surface area (Å²) in [5, 5.41) is 18.3. The molecule has 0 N–H and O–H groups in total. The van der Waals surface area contributed by atoms with Gasteiger partial charge in [0.1, 0.15) is 0 Å². The monoisotopic (exact) mass is 1360 g/mol. The summed E-state index contributed by atoms with van der Waals surface area (Å²) in [7, 11) is -9.45. The molecule has 0 amide bonds. The van der Waals surface area contributed by atoms with Gasteiger partial charge in [-0.25, -0.2) is 0 Å². The Morgan fingerprint density at radius 1 is 0.184 bits per heavy atom. The third-order valence-electron chi connectivity index (χ3n) is 22.2. The zero-order valence-electron chi connectivity index (χ0n) is 56.8. The molecule has 0 saturated heterocycles. The molecule has 0 saturated carbocycles. The van der Waals surface area contributed by atoms with Crippen molar-refractivity contribution in [3.05, 3.63) is 425 Å². The highest BCUT2D eigenvalue weighted by Crippen LogP contribution is 2.46. The number of hydrogen-bond donors (Lipinski definition) is 0. The summed E-state index contributed by atoms with van der Waals surface area (Å²) in [5.74, 6) is 0. The van der Waals surface area contributed by atoms with E-state index in [9.17, 15) is 0 Å². The number of benzene rings is 16. The van der Waals surface area contributed by atoms with Crippen LogP contribution < -0.4 is 88.4 Å². The third kappa shape index (κ3) is 9.76. The Hall–Kier alpha value is -12.4. The number of aromatic nitrogens is 1. The number of para-hydroxylation sites is 3. The van der Waals surface area contributed by atoms with E-state index >= 15 is 0 Å². The zero-order chi connectivity index (χ0) is 68.3. The standard InChI is InChI=1S/C96H70BN3Si3/c1-11-36-71(37-12-1)98-92-65-63-84(102(77-45-19-5-20-46-77,78-47-21-6-22-48-78)79-49-23-7-24-50-79)69-89(92)97-88-64-62-85(103(80-51-25-8-26-52-80,81-53-27-9-28-54-81)82-55-29-10-30-56-82)70-93(88)99(95-68-73(67-94(98)96(95)97)100-90-60-33-31-58-86(90)87-59-32-34-61-91(87)100)72-38-35-57-83(66-72)101(74-39-13-2-14-40-74,75-41-15-3-16-42-75)76-43-17-4-18-44-76/h1-70H. The molecule has 3 nitrogen and oxygen atoms in total. The summed E-state index contributed by atoms with van der Waals surface area (Å²) in [4.78, 5) is 5.32. The van der Waals surface area contributed by atoms with Crippen LogP contribution in [0.5, 0.6) is 0 Å². The van der Waals surface area contributed by atoms with E-state index in [1.165, 1.54) is 89.4 Å². The van der Waals surface area contributed by atoms with Crippen LogP contribution in [0.15, 0.2) is 425 Å². The fourth-order valence-electron chi connectivity index (χ4n) is 18.0. The Bertz CT molecular complexity index is 5590. The molecular weight excluding hydrogens is 1290 g/mol. The Kier molecular flexibility index (Phi) is 15.4. The van der Waals surface area contributed by atoms with Gasteiger partial charge >= 0.3 is 0 Å². The maximum atomic E-state index is 2.71. The zero-order valence-corrected chi connectivity index (χ0v) is 59.8. The van der Waals surface area contributed by atoms with E-state index in [0.717, 1.165) is 50.8 Å². The minimum absolute atomic E-state index is 0.253. The van der Waals surface area contributed by atoms with Crippen LogP contribution in [-0.2, 0) is 0 Å². The molecule has 0 spiro atoms. The van der Waals surface area contributed by atoms with Gasteiger partial charge in [-0.2, -0.15) is 0 Å². The van der Waals surface area contributed by atoms with Crippen molar-refractivity contribution in [3.63, 3.8) is 0 Å². The molecule has 0 bridgehead atoms. The predicted octanol–water partition coefficient (Wildman–Crippen LogP) is 13.0. The van der Waals surface area contributed by atoms with E-state index in [0.29, 0.717) is 0 Å². The highest BCUT2D eigenvalue weighted by atomic mass is 28.3. The van der Waals surface area contributed by atoms with Crippen molar-refractivity contribution >= 4 is 165 Å². The van der Waals surface area contributed by atoms with Crippen LogP contribution in [0.3, 0.4) is 0 Å². The Morgan fingerprint density at radius 3 is 0.874 bits per heavy atom. The second-order valence-corrected chi connectivity index (χ2v) is 38.8. The molecule has 7 heteroatoms. The molecule has 16 aromatic carbocycles. The van der Waals surface area contributed by atoms with Crippen molar-refractivity contribution in [3.8, 4) is 5.69 Å². The molecule has 484 valence electrons. The number of anilines is 6. The van der Waals surface area contributed by atoms with Crippen molar-refractivity contribution in [2.45, 2.75) is 0 Å².